The average molecular weight is 374 g/mol. The van der Waals surface area contributed by atoms with Gasteiger partial charge in [0.1, 0.15) is 17.1 Å². The molecular formula is C21H18N4O3. The molecule has 7 heteroatoms. The number of nitrogens with one attached hydrogen (secondary N) is 2. The molecule has 0 saturated carbocycles. The predicted octanol–water partition coefficient (Wildman–Crippen LogP) is 3.43. The fourth-order valence-corrected chi connectivity index (χ4v) is 3.11. The lowest BCUT2D eigenvalue weighted by atomic mass is 10.0. The van der Waals surface area contributed by atoms with E-state index in [0.29, 0.717) is 11.5 Å². The minimum atomic E-state index is -1.10. The number of hydrogen-bond donors (Lipinski definition) is 3. The second kappa shape index (κ2) is 7.03. The lowest BCUT2D eigenvalue weighted by Gasteiger charge is -2.24. The number of allylic oxidation sites excluding steroid dienone is 1. The molecule has 1 aliphatic heterocycles. The normalized spacial score (nSPS) is 15.2. The Kier molecular flexibility index (Phi) is 4.41. The van der Waals surface area contributed by atoms with Gasteiger partial charge in [0.25, 0.3) is 5.91 Å². The zero-order chi connectivity index (χ0) is 19.7. The molecule has 0 saturated heterocycles. The monoisotopic (exact) mass is 374 g/mol. The van der Waals surface area contributed by atoms with E-state index in [0.717, 1.165) is 11.1 Å². The molecule has 0 radical (unpaired) electrons. The van der Waals surface area contributed by atoms with Crippen molar-refractivity contribution in [2.24, 2.45) is 0 Å². The molecule has 2 heterocycles. The molecule has 4 rings (SSSR count). The highest BCUT2D eigenvalue weighted by Crippen LogP contribution is 2.32. The maximum atomic E-state index is 12.8. The molecule has 0 unspecified atom stereocenters. The number of carbonyl (C=O) groups is 2. The SMILES string of the molecule is Cc1ccc(NC(=O)c2cnn3c2NC(C(=O)O)=C[C@@H]3c2ccccc2)cc1. The summed E-state index contributed by atoms with van der Waals surface area (Å²) in [4.78, 5) is 24.4. The van der Waals surface area contributed by atoms with Crippen LogP contribution in [0, 0.1) is 6.92 Å². The van der Waals surface area contributed by atoms with Crippen molar-refractivity contribution in [2.75, 3.05) is 10.6 Å². The largest absolute Gasteiger partial charge is 0.477 e. The van der Waals surface area contributed by atoms with Gasteiger partial charge in [0, 0.05) is 5.69 Å². The highest BCUT2D eigenvalue weighted by Gasteiger charge is 2.29. The van der Waals surface area contributed by atoms with Crippen LogP contribution < -0.4 is 10.6 Å². The smallest absolute Gasteiger partial charge is 0.352 e. The van der Waals surface area contributed by atoms with Gasteiger partial charge in [-0.2, -0.15) is 5.10 Å². The molecule has 140 valence electrons. The van der Waals surface area contributed by atoms with E-state index in [4.69, 9.17) is 0 Å². The Morgan fingerprint density at radius 1 is 1.11 bits per heavy atom. The Bertz CT molecular complexity index is 1070. The molecule has 1 aliphatic rings. The first kappa shape index (κ1) is 17.5. The molecule has 0 fully saturated rings. The number of fused-ring (bicyclic) bond motifs is 1. The summed E-state index contributed by atoms with van der Waals surface area (Å²) < 4.78 is 1.62. The van der Waals surface area contributed by atoms with Gasteiger partial charge in [-0.15, -0.1) is 0 Å². The second-order valence-electron chi connectivity index (χ2n) is 6.54. The van der Waals surface area contributed by atoms with Crippen LogP contribution in [0.5, 0.6) is 0 Å². The number of benzene rings is 2. The van der Waals surface area contributed by atoms with Crippen LogP contribution in [0.2, 0.25) is 0 Å². The molecule has 1 amide bonds. The molecular weight excluding hydrogens is 356 g/mol. The molecule has 1 atom stereocenters. The van der Waals surface area contributed by atoms with Crippen LogP contribution in [-0.2, 0) is 4.79 Å². The number of carboxylic acid groups (broad SMARTS) is 1. The van der Waals surface area contributed by atoms with Crippen LogP contribution in [0.1, 0.15) is 27.5 Å². The topological polar surface area (TPSA) is 96.3 Å². The summed E-state index contributed by atoms with van der Waals surface area (Å²) >= 11 is 0. The first-order valence-electron chi connectivity index (χ1n) is 8.75. The summed E-state index contributed by atoms with van der Waals surface area (Å²) in [5.74, 6) is -1.12. The fraction of sp³-hybridized carbons (Fsp3) is 0.0952. The number of carbonyl (C=O) groups excluding carboxylic acids is 1. The van der Waals surface area contributed by atoms with Crippen LogP contribution in [0.3, 0.4) is 0 Å². The lowest BCUT2D eigenvalue weighted by molar-refractivity contribution is -0.132. The summed E-state index contributed by atoms with van der Waals surface area (Å²) in [5.41, 5.74) is 2.89. The molecule has 7 nitrogen and oxygen atoms in total. The Morgan fingerprint density at radius 2 is 1.82 bits per heavy atom. The lowest BCUT2D eigenvalue weighted by Crippen LogP contribution is -2.25. The molecule has 1 aromatic heterocycles. The summed E-state index contributed by atoms with van der Waals surface area (Å²) in [6, 6.07) is 16.4. The van der Waals surface area contributed by atoms with Crippen molar-refractivity contribution in [3.63, 3.8) is 0 Å². The van der Waals surface area contributed by atoms with Crippen LogP contribution in [0.4, 0.5) is 11.5 Å². The van der Waals surface area contributed by atoms with Crippen LogP contribution in [0.15, 0.2) is 72.6 Å². The van der Waals surface area contributed by atoms with Crippen LogP contribution in [0.25, 0.3) is 0 Å². The standard InChI is InChI=1S/C21H18N4O3/c1-13-7-9-15(10-8-13)23-20(26)16-12-22-25-18(14-5-3-2-4-6-14)11-17(21(27)28)24-19(16)25/h2-12,18,24H,1H3,(H,23,26)(H,27,28)/t18-/m1/s1. The number of anilines is 2. The number of hydrogen-bond acceptors (Lipinski definition) is 4. The molecule has 0 spiro atoms. The molecule has 3 aromatic rings. The van der Waals surface area contributed by atoms with Gasteiger partial charge in [0.05, 0.1) is 12.2 Å². The minimum Gasteiger partial charge on any atom is -0.477 e. The molecule has 28 heavy (non-hydrogen) atoms. The second-order valence-corrected chi connectivity index (χ2v) is 6.54. The third-order valence-corrected chi connectivity index (χ3v) is 4.56. The van der Waals surface area contributed by atoms with Crippen molar-refractivity contribution < 1.29 is 14.7 Å². The Labute approximate surface area is 161 Å². The number of carboxylic acids is 1. The van der Waals surface area contributed by atoms with Crippen molar-refractivity contribution in [2.45, 2.75) is 13.0 Å². The van der Waals surface area contributed by atoms with Gasteiger partial charge in [0.2, 0.25) is 0 Å². The van der Waals surface area contributed by atoms with Crippen molar-refractivity contribution in [3.05, 3.63) is 89.3 Å². The van der Waals surface area contributed by atoms with Gasteiger partial charge in [-0.05, 0) is 30.7 Å². The van der Waals surface area contributed by atoms with E-state index in [1.165, 1.54) is 6.20 Å². The van der Waals surface area contributed by atoms with Crippen molar-refractivity contribution in [1.82, 2.24) is 9.78 Å². The molecule has 0 aliphatic carbocycles. The van der Waals surface area contributed by atoms with E-state index in [1.807, 2.05) is 61.5 Å². The van der Waals surface area contributed by atoms with Gasteiger partial charge in [-0.25, -0.2) is 9.48 Å². The zero-order valence-electron chi connectivity index (χ0n) is 15.1. The van der Waals surface area contributed by atoms with E-state index >= 15 is 0 Å². The Hall–Kier alpha value is -3.87. The number of nitrogens with zero attached hydrogens (tertiary/aromatic N) is 2. The first-order chi connectivity index (χ1) is 13.5. The van der Waals surface area contributed by atoms with Crippen molar-refractivity contribution in [3.8, 4) is 0 Å². The van der Waals surface area contributed by atoms with Gasteiger partial charge >= 0.3 is 5.97 Å². The Balaban J connectivity index is 1.70. The van der Waals surface area contributed by atoms with Gasteiger partial charge in [-0.3, -0.25) is 4.79 Å². The van der Waals surface area contributed by atoms with E-state index in [-0.39, 0.29) is 17.2 Å². The summed E-state index contributed by atoms with van der Waals surface area (Å²) in [6.07, 6.45) is 3.03. The molecule has 3 N–H and O–H groups in total. The number of amides is 1. The summed E-state index contributed by atoms with van der Waals surface area (Å²) in [7, 11) is 0. The number of aryl methyl sites for hydroxylation is 1. The highest BCUT2D eigenvalue weighted by molar-refractivity contribution is 6.08. The fourth-order valence-electron chi connectivity index (χ4n) is 3.11. The third kappa shape index (κ3) is 3.25. The van der Waals surface area contributed by atoms with Crippen molar-refractivity contribution >= 4 is 23.4 Å². The van der Waals surface area contributed by atoms with Crippen molar-refractivity contribution in [1.29, 1.82) is 0 Å². The first-order valence-corrected chi connectivity index (χ1v) is 8.75. The molecule has 0 bridgehead atoms. The summed E-state index contributed by atoms with van der Waals surface area (Å²) in [6.45, 7) is 1.97. The quantitative estimate of drug-likeness (QED) is 0.650. The van der Waals surface area contributed by atoms with Crippen LogP contribution >= 0.6 is 0 Å². The predicted molar refractivity (Wildman–Crippen MR) is 105 cm³/mol. The van der Waals surface area contributed by atoms with E-state index in [2.05, 4.69) is 15.7 Å². The number of aromatic nitrogens is 2. The maximum absolute atomic E-state index is 12.8. The number of rotatable bonds is 4. The minimum absolute atomic E-state index is 0.00578. The number of aliphatic carboxylic acids is 1. The molecule has 2 aromatic carbocycles. The maximum Gasteiger partial charge on any atom is 0.352 e. The van der Waals surface area contributed by atoms with Crippen LogP contribution in [-0.4, -0.2) is 26.8 Å². The van der Waals surface area contributed by atoms with E-state index in [1.54, 1.807) is 10.8 Å². The summed E-state index contributed by atoms with van der Waals surface area (Å²) in [5, 5.41) is 19.5. The van der Waals surface area contributed by atoms with E-state index in [9.17, 15) is 14.7 Å². The van der Waals surface area contributed by atoms with Gasteiger partial charge < -0.3 is 15.7 Å². The highest BCUT2D eigenvalue weighted by atomic mass is 16.4. The van der Waals surface area contributed by atoms with E-state index < -0.39 is 12.0 Å². The van der Waals surface area contributed by atoms with Gasteiger partial charge in [0.15, 0.2) is 0 Å². The zero-order valence-corrected chi connectivity index (χ0v) is 15.1. The third-order valence-electron chi connectivity index (χ3n) is 4.56. The van der Waals surface area contributed by atoms with Gasteiger partial charge in [-0.1, -0.05) is 48.0 Å². The average Bonchev–Trinajstić information content (AvgIpc) is 3.14. The Morgan fingerprint density at radius 3 is 2.50 bits per heavy atom.